The van der Waals surface area contributed by atoms with Gasteiger partial charge in [-0.1, -0.05) is 11.2 Å². The number of carbonyl (C=O) groups excluding carboxylic acids is 2. The molecule has 202 valence electrons. The minimum atomic E-state index is -4.80. The van der Waals surface area contributed by atoms with E-state index in [2.05, 4.69) is 25.6 Å². The van der Waals surface area contributed by atoms with Gasteiger partial charge in [0.05, 0.1) is 17.6 Å². The van der Waals surface area contributed by atoms with Gasteiger partial charge in [0.15, 0.2) is 0 Å². The molecule has 1 aromatic heterocycles. The van der Waals surface area contributed by atoms with Crippen LogP contribution in [0, 0.1) is 17.1 Å². The van der Waals surface area contributed by atoms with Crippen molar-refractivity contribution in [1.29, 1.82) is 5.26 Å². The average Bonchev–Trinajstić information content (AvgIpc) is 3.35. The van der Waals surface area contributed by atoms with Crippen molar-refractivity contribution < 1.29 is 36.3 Å². The van der Waals surface area contributed by atoms with Gasteiger partial charge in [0.25, 0.3) is 0 Å². The van der Waals surface area contributed by atoms with Crippen molar-refractivity contribution in [2.75, 3.05) is 16.8 Å². The van der Waals surface area contributed by atoms with Crippen LogP contribution in [-0.2, 0) is 9.59 Å². The van der Waals surface area contributed by atoms with Crippen molar-refractivity contribution >= 4 is 23.5 Å². The molecule has 2 saturated heterocycles. The minimum absolute atomic E-state index is 0.0690. The van der Waals surface area contributed by atoms with E-state index in [0.717, 1.165) is 12.1 Å². The van der Waals surface area contributed by atoms with Crippen molar-refractivity contribution in [3.8, 4) is 23.3 Å². The number of rotatable bonds is 6. The Morgan fingerprint density at radius 3 is 2.56 bits per heavy atom. The molecule has 2 aliphatic rings. The number of alkyl halides is 3. The second kappa shape index (κ2) is 9.90. The van der Waals surface area contributed by atoms with E-state index < -0.39 is 29.9 Å². The fourth-order valence-electron chi connectivity index (χ4n) is 4.64. The van der Waals surface area contributed by atoms with Crippen LogP contribution in [0.5, 0.6) is 5.75 Å². The maximum Gasteiger partial charge on any atom is 0.573 e. The molecule has 2 fully saturated rings. The molecule has 2 unspecified atom stereocenters. The number of nitrogens with one attached hydrogen (secondary N) is 2. The second-order valence-corrected chi connectivity index (χ2v) is 9.11. The van der Waals surface area contributed by atoms with Gasteiger partial charge in [-0.15, -0.1) is 18.3 Å². The predicted octanol–water partition coefficient (Wildman–Crippen LogP) is 3.86. The Morgan fingerprint density at radius 2 is 1.92 bits per heavy atom. The first kappa shape index (κ1) is 26.0. The Balaban J connectivity index is 1.25. The smallest absolute Gasteiger partial charge is 0.406 e. The number of halogens is 4. The van der Waals surface area contributed by atoms with Crippen LogP contribution in [0.25, 0.3) is 11.5 Å². The molecule has 3 aromatic rings. The minimum Gasteiger partial charge on any atom is -0.406 e. The van der Waals surface area contributed by atoms with Crippen LogP contribution in [0.15, 0.2) is 40.8 Å². The number of aromatic nitrogens is 2. The highest BCUT2D eigenvalue weighted by molar-refractivity contribution is 6.01. The summed E-state index contributed by atoms with van der Waals surface area (Å²) >= 11 is 0. The molecule has 2 amide bonds. The van der Waals surface area contributed by atoms with Gasteiger partial charge in [0.1, 0.15) is 23.2 Å². The van der Waals surface area contributed by atoms with E-state index >= 15 is 4.39 Å². The largest absolute Gasteiger partial charge is 0.573 e. The van der Waals surface area contributed by atoms with Gasteiger partial charge in [-0.25, -0.2) is 4.39 Å². The van der Waals surface area contributed by atoms with Crippen molar-refractivity contribution in [2.24, 2.45) is 0 Å². The normalized spacial score (nSPS) is 21.1. The Bertz CT molecular complexity index is 1470. The molecular weight excluding hydrogens is 524 g/mol. The van der Waals surface area contributed by atoms with Crippen LogP contribution in [-0.4, -0.2) is 47.0 Å². The van der Waals surface area contributed by atoms with E-state index in [4.69, 9.17) is 4.42 Å². The number of nitrogens with zero attached hydrogens (tertiary/aromatic N) is 4. The zero-order valence-electron chi connectivity index (χ0n) is 20.3. The van der Waals surface area contributed by atoms with Crippen LogP contribution >= 0.6 is 0 Å². The first-order valence-electron chi connectivity index (χ1n) is 11.8. The number of imide groups is 1. The lowest BCUT2D eigenvalue weighted by Crippen LogP contribution is -2.62. The first-order valence-corrected chi connectivity index (χ1v) is 11.8. The van der Waals surface area contributed by atoms with E-state index in [1.807, 2.05) is 17.9 Å². The molecule has 0 aliphatic carbocycles. The standard InChI is InChI=1S/C25H20F4N6O4/c1-12-18(31-24-34-33-23(38-24)13-2-4-14(5-3-13)39-25(27,28)29)11-35(12)19-8-6-15(21(26)17(19)10-30)16-7-9-20(36)32-22(16)37/h2-6,8,12,16,18H,7,9,11H2,1H3,(H,31,34)(H,32,36,37)/t12-,16?,18?/m1/s1. The predicted molar refractivity (Wildman–Crippen MR) is 127 cm³/mol. The van der Waals surface area contributed by atoms with Crippen molar-refractivity contribution in [3.05, 3.63) is 53.3 Å². The Morgan fingerprint density at radius 1 is 1.18 bits per heavy atom. The summed E-state index contributed by atoms with van der Waals surface area (Å²) in [7, 11) is 0. The summed E-state index contributed by atoms with van der Waals surface area (Å²) in [4.78, 5) is 25.4. The molecule has 3 atom stereocenters. The van der Waals surface area contributed by atoms with E-state index in [1.54, 1.807) is 6.07 Å². The molecule has 0 saturated carbocycles. The summed E-state index contributed by atoms with van der Waals surface area (Å²) < 4.78 is 61.8. The van der Waals surface area contributed by atoms with Gasteiger partial charge in [-0.05, 0) is 43.7 Å². The number of ether oxygens (including phenoxy) is 1. The monoisotopic (exact) mass is 544 g/mol. The van der Waals surface area contributed by atoms with Crippen LogP contribution in [0.4, 0.5) is 29.3 Å². The number of hydrogen-bond acceptors (Lipinski definition) is 9. The van der Waals surface area contributed by atoms with Gasteiger partial charge in [0, 0.05) is 30.1 Å². The molecule has 2 N–H and O–H groups in total. The Labute approximate surface area is 218 Å². The molecule has 2 aromatic carbocycles. The highest BCUT2D eigenvalue weighted by atomic mass is 19.4. The lowest BCUT2D eigenvalue weighted by Gasteiger charge is -2.48. The van der Waals surface area contributed by atoms with Gasteiger partial charge in [0.2, 0.25) is 17.7 Å². The van der Waals surface area contributed by atoms with Crippen molar-refractivity contribution in [2.45, 2.75) is 44.1 Å². The maximum absolute atomic E-state index is 15.3. The summed E-state index contributed by atoms with van der Waals surface area (Å²) in [5, 5.41) is 22.8. The van der Waals surface area contributed by atoms with Gasteiger partial charge < -0.3 is 19.4 Å². The Kier molecular flexibility index (Phi) is 6.59. The van der Waals surface area contributed by atoms with Crippen molar-refractivity contribution in [1.82, 2.24) is 15.5 Å². The van der Waals surface area contributed by atoms with Gasteiger partial charge in [-0.2, -0.15) is 5.26 Å². The molecule has 2 aliphatic heterocycles. The summed E-state index contributed by atoms with van der Waals surface area (Å²) in [5.74, 6) is -2.95. The summed E-state index contributed by atoms with van der Waals surface area (Å²) in [6.07, 6.45) is -4.55. The number of anilines is 2. The second-order valence-electron chi connectivity index (χ2n) is 9.11. The number of amides is 2. The molecular formula is C25H20F4N6O4. The highest BCUT2D eigenvalue weighted by Crippen LogP contribution is 2.37. The summed E-state index contributed by atoms with van der Waals surface area (Å²) in [5.41, 5.74) is 0.627. The number of carbonyl (C=O) groups is 2. The van der Waals surface area contributed by atoms with E-state index in [9.17, 15) is 28.0 Å². The SMILES string of the molecule is C[C@@H]1C(Nc2nnc(-c3ccc(OC(F)(F)F)cc3)o2)CN1c1ccc(C2CCC(=O)NC2=O)c(F)c1C#N. The third-order valence-electron chi connectivity index (χ3n) is 6.72. The molecule has 5 rings (SSSR count). The lowest BCUT2D eigenvalue weighted by molar-refractivity contribution is -0.274. The van der Waals surface area contributed by atoms with Crippen LogP contribution < -0.4 is 20.3 Å². The zero-order valence-corrected chi connectivity index (χ0v) is 20.3. The number of piperidine rings is 1. The quantitative estimate of drug-likeness (QED) is 0.351. The van der Waals surface area contributed by atoms with Crippen LogP contribution in [0.1, 0.15) is 36.8 Å². The van der Waals surface area contributed by atoms with Gasteiger partial charge in [-0.3, -0.25) is 14.9 Å². The van der Waals surface area contributed by atoms with E-state index in [-0.39, 0.29) is 53.7 Å². The van der Waals surface area contributed by atoms with Crippen LogP contribution in [0.3, 0.4) is 0 Å². The molecule has 0 bridgehead atoms. The van der Waals surface area contributed by atoms with E-state index in [1.165, 1.54) is 18.2 Å². The molecule has 39 heavy (non-hydrogen) atoms. The van der Waals surface area contributed by atoms with Crippen molar-refractivity contribution in [3.63, 3.8) is 0 Å². The third-order valence-corrected chi connectivity index (χ3v) is 6.72. The summed E-state index contributed by atoms with van der Waals surface area (Å²) in [6, 6.07) is 9.56. The Hall–Kier alpha value is -4.67. The summed E-state index contributed by atoms with van der Waals surface area (Å²) in [6.45, 7) is 2.22. The fraction of sp³-hybridized carbons (Fsp3) is 0.320. The van der Waals surface area contributed by atoms with Gasteiger partial charge >= 0.3 is 12.4 Å². The third kappa shape index (κ3) is 5.20. The zero-order chi connectivity index (χ0) is 27.9. The topological polar surface area (TPSA) is 133 Å². The lowest BCUT2D eigenvalue weighted by atomic mass is 9.87. The van der Waals surface area contributed by atoms with Crippen LogP contribution in [0.2, 0.25) is 0 Å². The van der Waals surface area contributed by atoms with E-state index in [0.29, 0.717) is 17.8 Å². The first-order chi connectivity index (χ1) is 18.5. The molecule has 0 radical (unpaired) electrons. The average molecular weight is 544 g/mol. The number of nitriles is 1. The molecule has 0 spiro atoms. The molecule has 10 nitrogen and oxygen atoms in total. The highest BCUT2D eigenvalue weighted by Gasteiger charge is 2.39. The maximum atomic E-state index is 15.3. The number of benzene rings is 2. The molecule has 3 heterocycles. The fourth-order valence-corrected chi connectivity index (χ4v) is 4.64. The molecule has 14 heteroatoms. The number of hydrogen-bond donors (Lipinski definition) is 2.